The number of phenolic OH excluding ortho intramolecular Hbond substituents is 1. The number of nitrogens with one attached hydrogen (secondary N) is 1. The lowest BCUT2D eigenvalue weighted by atomic mass is 9.99. The van der Waals surface area contributed by atoms with Gasteiger partial charge in [-0.25, -0.2) is 18.6 Å². The van der Waals surface area contributed by atoms with E-state index >= 15 is 0 Å². The van der Waals surface area contributed by atoms with Crippen LogP contribution in [0, 0.1) is 18.2 Å². The van der Waals surface area contributed by atoms with Crippen LogP contribution in [0.25, 0.3) is 10.9 Å². The monoisotopic (exact) mass is 400 g/mol. The standard InChI is InChI=1S/C20H21FN4O2S/c1-12-6-14(25-28(27)9-20(2,3)10-28)8-16-18(12)19(23-11-22-16)24-15-5-4-13(21)7-17(15)26/h4-8,11,26H,9-10H2,1-3H3,(H,22,23,24). The van der Waals surface area contributed by atoms with E-state index in [-0.39, 0.29) is 11.2 Å². The Balaban J connectivity index is 1.75. The average Bonchev–Trinajstić information content (AvgIpc) is 2.55. The highest BCUT2D eigenvalue weighted by molar-refractivity contribution is 7.95. The molecule has 0 unspecified atom stereocenters. The van der Waals surface area contributed by atoms with E-state index < -0.39 is 15.5 Å². The van der Waals surface area contributed by atoms with Crippen LogP contribution in [0.3, 0.4) is 0 Å². The summed E-state index contributed by atoms with van der Waals surface area (Å²) in [5.74, 6) is 0.950. The number of aryl methyl sites for hydroxylation is 1. The summed E-state index contributed by atoms with van der Waals surface area (Å²) in [6, 6.07) is 7.38. The van der Waals surface area contributed by atoms with E-state index in [0.29, 0.717) is 34.2 Å². The maximum atomic E-state index is 13.2. The number of aromatic nitrogens is 2. The van der Waals surface area contributed by atoms with Crippen molar-refractivity contribution in [2.75, 3.05) is 16.8 Å². The number of phenols is 1. The van der Waals surface area contributed by atoms with Crippen LogP contribution in [0.15, 0.2) is 41.0 Å². The third-order valence-electron chi connectivity index (χ3n) is 4.64. The highest BCUT2D eigenvalue weighted by Gasteiger charge is 2.38. The Morgan fingerprint density at radius 2 is 1.96 bits per heavy atom. The van der Waals surface area contributed by atoms with E-state index in [1.54, 1.807) is 6.07 Å². The minimum atomic E-state index is -2.21. The van der Waals surface area contributed by atoms with Crippen LogP contribution in [-0.4, -0.2) is 30.8 Å². The first-order valence-corrected chi connectivity index (χ1v) is 10.7. The van der Waals surface area contributed by atoms with E-state index in [1.165, 1.54) is 18.5 Å². The molecule has 0 amide bonds. The SMILES string of the molecule is Cc1cc(N=S2(=O)CC(C)(C)C2)cc2ncnc(Nc3ccc(F)cc3O)c12. The summed E-state index contributed by atoms with van der Waals surface area (Å²) in [6.45, 7) is 6.08. The minimum Gasteiger partial charge on any atom is -0.506 e. The van der Waals surface area contributed by atoms with Crippen LogP contribution >= 0.6 is 0 Å². The Hall–Kier alpha value is -2.74. The van der Waals surface area contributed by atoms with Crippen molar-refractivity contribution in [2.24, 2.45) is 9.78 Å². The van der Waals surface area contributed by atoms with Gasteiger partial charge in [0, 0.05) is 23.0 Å². The number of fused-ring (bicyclic) bond motifs is 1. The second-order valence-corrected chi connectivity index (χ2v) is 10.3. The molecule has 3 aromatic rings. The van der Waals surface area contributed by atoms with Crippen LogP contribution in [-0.2, 0) is 9.73 Å². The van der Waals surface area contributed by atoms with Gasteiger partial charge in [0.15, 0.2) is 0 Å². The zero-order valence-corrected chi connectivity index (χ0v) is 16.7. The molecule has 0 aliphatic carbocycles. The lowest BCUT2D eigenvalue weighted by Gasteiger charge is -2.37. The number of benzene rings is 2. The van der Waals surface area contributed by atoms with Gasteiger partial charge in [-0.1, -0.05) is 13.8 Å². The fraction of sp³-hybridized carbons (Fsp3) is 0.300. The van der Waals surface area contributed by atoms with Gasteiger partial charge in [-0.15, -0.1) is 0 Å². The Bertz CT molecular complexity index is 1200. The lowest BCUT2D eigenvalue weighted by Crippen LogP contribution is -2.43. The molecule has 28 heavy (non-hydrogen) atoms. The molecular formula is C20H21FN4O2S. The second-order valence-electron chi connectivity index (χ2n) is 7.98. The summed E-state index contributed by atoms with van der Waals surface area (Å²) < 4.78 is 30.5. The predicted octanol–water partition coefficient (Wildman–Crippen LogP) is 4.67. The van der Waals surface area contributed by atoms with Crippen molar-refractivity contribution in [3.63, 3.8) is 0 Å². The zero-order chi connectivity index (χ0) is 20.1. The summed E-state index contributed by atoms with van der Waals surface area (Å²) in [5.41, 5.74) is 2.57. The molecule has 0 spiro atoms. The van der Waals surface area contributed by atoms with Gasteiger partial charge in [-0.3, -0.25) is 0 Å². The largest absolute Gasteiger partial charge is 0.506 e. The van der Waals surface area contributed by atoms with Gasteiger partial charge < -0.3 is 10.4 Å². The summed E-state index contributed by atoms with van der Waals surface area (Å²) in [6.07, 6.45) is 1.40. The van der Waals surface area contributed by atoms with Crippen molar-refractivity contribution in [3.8, 4) is 5.75 Å². The molecule has 1 aliphatic heterocycles. The molecule has 0 atom stereocenters. The molecule has 2 aromatic carbocycles. The third-order valence-corrected chi connectivity index (χ3v) is 7.65. The fourth-order valence-corrected chi connectivity index (χ4v) is 6.67. The van der Waals surface area contributed by atoms with Crippen molar-refractivity contribution in [1.29, 1.82) is 0 Å². The highest BCUT2D eigenvalue weighted by Crippen LogP contribution is 2.37. The first-order valence-electron chi connectivity index (χ1n) is 8.88. The topological polar surface area (TPSA) is 87.5 Å². The maximum Gasteiger partial charge on any atom is 0.142 e. The van der Waals surface area contributed by atoms with Gasteiger partial charge in [-0.2, -0.15) is 4.36 Å². The molecule has 146 valence electrons. The Morgan fingerprint density at radius 1 is 1.21 bits per heavy atom. The predicted molar refractivity (Wildman–Crippen MR) is 109 cm³/mol. The second kappa shape index (κ2) is 6.41. The normalized spacial score (nSPS) is 17.1. The molecule has 2 N–H and O–H groups in total. The maximum absolute atomic E-state index is 13.2. The zero-order valence-electron chi connectivity index (χ0n) is 15.9. The Kier molecular flexibility index (Phi) is 4.26. The minimum absolute atomic E-state index is 0.0723. The smallest absolute Gasteiger partial charge is 0.142 e. The summed E-state index contributed by atoms with van der Waals surface area (Å²) in [5, 5.41) is 13.7. The van der Waals surface area contributed by atoms with Crippen LogP contribution in [0.5, 0.6) is 5.75 Å². The first kappa shape index (κ1) is 18.6. The number of anilines is 2. The molecule has 1 aliphatic rings. The van der Waals surface area contributed by atoms with E-state index in [1.807, 2.05) is 13.0 Å². The molecule has 1 fully saturated rings. The van der Waals surface area contributed by atoms with E-state index in [2.05, 4.69) is 33.5 Å². The van der Waals surface area contributed by atoms with Crippen molar-refractivity contribution >= 4 is 37.8 Å². The number of nitrogens with zero attached hydrogens (tertiary/aromatic N) is 3. The van der Waals surface area contributed by atoms with Crippen LogP contribution in [0.2, 0.25) is 0 Å². The summed E-state index contributed by atoms with van der Waals surface area (Å²) in [7, 11) is -2.21. The van der Waals surface area contributed by atoms with Crippen LogP contribution < -0.4 is 5.32 Å². The molecule has 4 rings (SSSR count). The summed E-state index contributed by atoms with van der Waals surface area (Å²) >= 11 is 0. The average molecular weight is 400 g/mol. The number of halogens is 1. The number of hydrogen-bond acceptors (Lipinski definition) is 6. The first-order chi connectivity index (χ1) is 13.1. The Morgan fingerprint density at radius 3 is 2.64 bits per heavy atom. The molecule has 8 heteroatoms. The highest BCUT2D eigenvalue weighted by atomic mass is 32.2. The van der Waals surface area contributed by atoms with Gasteiger partial charge in [-0.05, 0) is 42.2 Å². The molecule has 0 radical (unpaired) electrons. The van der Waals surface area contributed by atoms with Crippen molar-refractivity contribution in [3.05, 3.63) is 48.0 Å². The fourth-order valence-electron chi connectivity index (χ4n) is 3.69. The van der Waals surface area contributed by atoms with Crippen LogP contribution in [0.4, 0.5) is 21.6 Å². The van der Waals surface area contributed by atoms with Crippen LogP contribution in [0.1, 0.15) is 19.4 Å². The molecule has 6 nitrogen and oxygen atoms in total. The van der Waals surface area contributed by atoms with Gasteiger partial charge >= 0.3 is 0 Å². The van der Waals surface area contributed by atoms with Gasteiger partial charge in [0.1, 0.15) is 23.7 Å². The molecule has 2 heterocycles. The molecular weight excluding hydrogens is 379 g/mol. The van der Waals surface area contributed by atoms with E-state index in [0.717, 1.165) is 17.0 Å². The number of rotatable bonds is 3. The third kappa shape index (κ3) is 3.52. The Labute approximate surface area is 163 Å². The number of hydrogen-bond donors (Lipinski definition) is 2. The quantitative estimate of drug-likeness (QED) is 0.624. The van der Waals surface area contributed by atoms with Gasteiger partial charge in [0.05, 0.1) is 26.6 Å². The van der Waals surface area contributed by atoms with Crippen molar-refractivity contribution < 1.29 is 13.7 Å². The molecule has 0 bridgehead atoms. The number of aromatic hydroxyl groups is 1. The van der Waals surface area contributed by atoms with E-state index in [9.17, 15) is 13.7 Å². The molecule has 0 saturated carbocycles. The van der Waals surface area contributed by atoms with Crippen molar-refractivity contribution in [1.82, 2.24) is 9.97 Å². The molecule has 1 saturated heterocycles. The molecule has 1 aromatic heterocycles. The van der Waals surface area contributed by atoms with Gasteiger partial charge in [0.25, 0.3) is 0 Å². The van der Waals surface area contributed by atoms with Gasteiger partial charge in [0.2, 0.25) is 0 Å². The lowest BCUT2D eigenvalue weighted by molar-refractivity contribution is 0.435. The summed E-state index contributed by atoms with van der Waals surface area (Å²) in [4.78, 5) is 8.58. The van der Waals surface area contributed by atoms with E-state index in [4.69, 9.17) is 0 Å². The van der Waals surface area contributed by atoms with Crippen molar-refractivity contribution in [2.45, 2.75) is 20.8 Å².